The molecule has 0 bridgehead atoms. The van der Waals surface area contributed by atoms with E-state index < -0.39 is 0 Å². The van der Waals surface area contributed by atoms with Gasteiger partial charge in [-0.2, -0.15) is 0 Å². The summed E-state index contributed by atoms with van der Waals surface area (Å²) < 4.78 is 5.70. The van der Waals surface area contributed by atoms with Gasteiger partial charge in [-0.15, -0.1) is 0 Å². The van der Waals surface area contributed by atoms with Gasteiger partial charge in [-0.05, 0) is 55.5 Å². The Morgan fingerprint density at radius 3 is 1.74 bits per heavy atom. The molecule has 27 heavy (non-hydrogen) atoms. The predicted octanol–water partition coefficient (Wildman–Crippen LogP) is 4.75. The summed E-state index contributed by atoms with van der Waals surface area (Å²) in [5.74, 6) is 0.662. The van der Waals surface area contributed by atoms with Crippen molar-refractivity contribution in [2.75, 3.05) is 10.6 Å². The van der Waals surface area contributed by atoms with Crippen LogP contribution in [0.3, 0.4) is 0 Å². The highest BCUT2D eigenvalue weighted by atomic mass is 16.5. The number of carbonyl (C=O) groups is 2. The van der Waals surface area contributed by atoms with Gasteiger partial charge in [0.25, 0.3) is 0 Å². The summed E-state index contributed by atoms with van der Waals surface area (Å²) >= 11 is 0. The van der Waals surface area contributed by atoms with Crippen LogP contribution >= 0.6 is 0 Å². The molecule has 0 aromatic heterocycles. The van der Waals surface area contributed by atoms with Gasteiger partial charge in [-0.25, -0.2) is 0 Å². The summed E-state index contributed by atoms with van der Waals surface area (Å²) in [7, 11) is 0. The molecule has 0 heterocycles. The average molecular weight is 360 g/mol. The van der Waals surface area contributed by atoms with Crippen LogP contribution < -0.4 is 15.4 Å². The van der Waals surface area contributed by atoms with Crippen molar-refractivity contribution in [3.63, 3.8) is 0 Å². The fourth-order valence-corrected chi connectivity index (χ4v) is 2.42. The summed E-state index contributed by atoms with van der Waals surface area (Å²) in [6, 6.07) is 23.8. The van der Waals surface area contributed by atoms with Gasteiger partial charge in [-0.3, -0.25) is 9.59 Å². The number of nitrogens with one attached hydrogen (secondary N) is 2. The molecule has 136 valence electrons. The maximum Gasteiger partial charge on any atom is 0.233 e. The van der Waals surface area contributed by atoms with Gasteiger partial charge in [0.05, 0.1) is 0 Å². The number of amides is 2. The molecule has 3 aromatic carbocycles. The van der Waals surface area contributed by atoms with Gasteiger partial charge in [0.15, 0.2) is 0 Å². The molecule has 3 aromatic rings. The molecule has 0 aliphatic carbocycles. The Bertz CT molecular complexity index is 905. The first-order chi connectivity index (χ1) is 13.1. The van der Waals surface area contributed by atoms with Crippen LogP contribution in [0.25, 0.3) is 0 Å². The average Bonchev–Trinajstić information content (AvgIpc) is 2.66. The number of hydrogen-bond donors (Lipinski definition) is 2. The van der Waals surface area contributed by atoms with Crippen LogP contribution in [-0.4, -0.2) is 11.8 Å². The molecule has 0 saturated heterocycles. The van der Waals surface area contributed by atoms with Crippen LogP contribution in [0.15, 0.2) is 78.9 Å². The highest BCUT2D eigenvalue weighted by molar-refractivity contribution is 6.08. The molecule has 0 fully saturated rings. The zero-order valence-electron chi connectivity index (χ0n) is 14.9. The van der Waals surface area contributed by atoms with Crippen LogP contribution in [0, 0.1) is 6.92 Å². The molecular formula is C22H20N2O3. The topological polar surface area (TPSA) is 67.4 Å². The number of hydrogen-bond acceptors (Lipinski definition) is 3. The van der Waals surface area contributed by atoms with E-state index in [-0.39, 0.29) is 18.2 Å². The maximum absolute atomic E-state index is 12.0. The van der Waals surface area contributed by atoms with Crippen molar-refractivity contribution in [1.82, 2.24) is 0 Å². The Balaban J connectivity index is 1.50. The molecule has 3 rings (SSSR count). The lowest BCUT2D eigenvalue weighted by molar-refractivity contribution is -0.123. The Morgan fingerprint density at radius 2 is 1.19 bits per heavy atom. The first-order valence-corrected chi connectivity index (χ1v) is 8.58. The predicted molar refractivity (Wildman–Crippen MR) is 106 cm³/mol. The monoisotopic (exact) mass is 360 g/mol. The number of anilines is 2. The van der Waals surface area contributed by atoms with Crippen LogP contribution in [-0.2, 0) is 9.59 Å². The van der Waals surface area contributed by atoms with E-state index in [2.05, 4.69) is 10.6 Å². The Morgan fingerprint density at radius 1 is 0.704 bits per heavy atom. The molecule has 0 saturated carbocycles. The first kappa shape index (κ1) is 18.2. The summed E-state index contributed by atoms with van der Waals surface area (Å²) in [4.78, 5) is 24.0. The van der Waals surface area contributed by atoms with Crippen LogP contribution in [0.1, 0.15) is 12.0 Å². The zero-order valence-corrected chi connectivity index (χ0v) is 14.9. The molecule has 0 atom stereocenters. The number of aryl methyl sites for hydroxylation is 1. The highest BCUT2D eigenvalue weighted by Crippen LogP contribution is 2.22. The second kappa shape index (κ2) is 8.67. The van der Waals surface area contributed by atoms with Gasteiger partial charge in [-0.1, -0.05) is 35.9 Å². The lowest BCUT2D eigenvalue weighted by Gasteiger charge is -2.09. The Hall–Kier alpha value is -3.60. The van der Waals surface area contributed by atoms with E-state index in [4.69, 9.17) is 4.74 Å². The van der Waals surface area contributed by atoms with Crippen molar-refractivity contribution in [3.8, 4) is 11.5 Å². The van der Waals surface area contributed by atoms with E-state index in [0.717, 1.165) is 11.3 Å². The number of ether oxygens (including phenoxy) is 1. The van der Waals surface area contributed by atoms with Crippen molar-refractivity contribution < 1.29 is 14.3 Å². The summed E-state index contributed by atoms with van der Waals surface area (Å²) in [6.07, 6.45) is -0.254. The fraction of sp³-hybridized carbons (Fsp3) is 0.0909. The Kier molecular flexibility index (Phi) is 5.84. The molecule has 5 heteroatoms. The lowest BCUT2D eigenvalue weighted by Crippen LogP contribution is -2.21. The van der Waals surface area contributed by atoms with Gasteiger partial charge in [0, 0.05) is 11.4 Å². The summed E-state index contributed by atoms with van der Waals surface area (Å²) in [6.45, 7) is 1.97. The highest BCUT2D eigenvalue weighted by Gasteiger charge is 2.10. The number of benzene rings is 3. The minimum atomic E-state index is -0.378. The molecule has 0 aliphatic heterocycles. The van der Waals surface area contributed by atoms with Gasteiger partial charge >= 0.3 is 0 Å². The molecular weight excluding hydrogens is 340 g/mol. The second-order valence-electron chi connectivity index (χ2n) is 6.08. The van der Waals surface area contributed by atoms with Crippen molar-refractivity contribution in [1.29, 1.82) is 0 Å². The van der Waals surface area contributed by atoms with Crippen LogP contribution in [0.4, 0.5) is 11.4 Å². The number of rotatable bonds is 6. The van der Waals surface area contributed by atoms with Crippen molar-refractivity contribution in [3.05, 3.63) is 84.4 Å². The largest absolute Gasteiger partial charge is 0.457 e. The molecule has 0 aliphatic rings. The number of para-hydroxylation sites is 1. The van der Waals surface area contributed by atoms with Gasteiger partial charge < -0.3 is 15.4 Å². The van der Waals surface area contributed by atoms with E-state index in [0.29, 0.717) is 17.1 Å². The smallest absolute Gasteiger partial charge is 0.233 e. The number of carbonyl (C=O) groups excluding carboxylic acids is 2. The third-order valence-electron chi connectivity index (χ3n) is 3.77. The third-order valence-corrected chi connectivity index (χ3v) is 3.77. The molecule has 0 unspecified atom stereocenters. The summed E-state index contributed by atoms with van der Waals surface area (Å²) in [5.41, 5.74) is 2.37. The molecule has 5 nitrogen and oxygen atoms in total. The van der Waals surface area contributed by atoms with Crippen LogP contribution in [0.5, 0.6) is 11.5 Å². The second-order valence-corrected chi connectivity index (χ2v) is 6.08. The van der Waals surface area contributed by atoms with Crippen LogP contribution in [0.2, 0.25) is 0 Å². The maximum atomic E-state index is 12.0. The minimum absolute atomic E-state index is 0.254. The normalized spacial score (nSPS) is 10.1. The molecule has 2 amide bonds. The van der Waals surface area contributed by atoms with E-state index in [1.165, 1.54) is 0 Å². The van der Waals surface area contributed by atoms with E-state index in [1.54, 1.807) is 36.4 Å². The minimum Gasteiger partial charge on any atom is -0.457 e. The van der Waals surface area contributed by atoms with Gasteiger partial charge in [0.1, 0.15) is 17.9 Å². The standard InChI is InChI=1S/C22H20N2O3/c1-16-7-9-17(10-8-16)23-21(25)15-22(26)24-18-11-13-20(14-12-18)27-19-5-3-2-4-6-19/h2-14H,15H2,1H3,(H,23,25)(H,24,26). The molecule has 0 spiro atoms. The first-order valence-electron chi connectivity index (χ1n) is 8.58. The molecule has 0 radical (unpaired) electrons. The van der Waals surface area contributed by atoms with Crippen molar-refractivity contribution >= 4 is 23.2 Å². The fourth-order valence-electron chi connectivity index (χ4n) is 2.42. The van der Waals surface area contributed by atoms with E-state index >= 15 is 0 Å². The van der Waals surface area contributed by atoms with E-state index in [9.17, 15) is 9.59 Å². The quantitative estimate of drug-likeness (QED) is 0.623. The lowest BCUT2D eigenvalue weighted by atomic mass is 10.2. The molecule has 2 N–H and O–H groups in total. The van der Waals surface area contributed by atoms with E-state index in [1.807, 2.05) is 49.4 Å². The Labute approximate surface area is 158 Å². The third kappa shape index (κ3) is 5.71. The van der Waals surface area contributed by atoms with Gasteiger partial charge in [0.2, 0.25) is 11.8 Å². The zero-order chi connectivity index (χ0) is 19.1. The SMILES string of the molecule is Cc1ccc(NC(=O)CC(=O)Nc2ccc(Oc3ccccc3)cc2)cc1. The summed E-state index contributed by atoms with van der Waals surface area (Å²) in [5, 5.41) is 5.41. The van der Waals surface area contributed by atoms with Crippen molar-refractivity contribution in [2.24, 2.45) is 0 Å². The van der Waals surface area contributed by atoms with Crippen molar-refractivity contribution in [2.45, 2.75) is 13.3 Å².